The Morgan fingerprint density at radius 2 is 2.16 bits per heavy atom. The molecule has 0 aliphatic carbocycles. The van der Waals surface area contributed by atoms with E-state index < -0.39 is 0 Å². The number of aromatic nitrogens is 3. The highest BCUT2D eigenvalue weighted by atomic mass is 35.5. The first-order chi connectivity index (χ1) is 9.06. The van der Waals surface area contributed by atoms with Gasteiger partial charge in [0.2, 0.25) is 0 Å². The standard InChI is InChI=1S/C13H15ClN4S/c1-8(2)9-4-3-5-16-10(9)7-19-13-17-11(14)6-12(15)18-13/h3-6,8H,7H2,1-2H3,(H2,15,17,18). The number of halogens is 1. The van der Waals surface area contributed by atoms with Crippen LogP contribution in [-0.2, 0) is 5.75 Å². The van der Waals surface area contributed by atoms with E-state index in [2.05, 4.69) is 34.9 Å². The van der Waals surface area contributed by atoms with Gasteiger partial charge in [-0.05, 0) is 17.5 Å². The summed E-state index contributed by atoms with van der Waals surface area (Å²) in [6, 6.07) is 5.59. The summed E-state index contributed by atoms with van der Waals surface area (Å²) in [7, 11) is 0. The minimum Gasteiger partial charge on any atom is -0.384 e. The van der Waals surface area contributed by atoms with Crippen LogP contribution in [-0.4, -0.2) is 15.0 Å². The molecule has 2 N–H and O–H groups in total. The van der Waals surface area contributed by atoms with E-state index in [0.717, 1.165) is 5.69 Å². The van der Waals surface area contributed by atoms with Gasteiger partial charge in [0.25, 0.3) is 0 Å². The Balaban J connectivity index is 2.14. The Morgan fingerprint density at radius 3 is 2.84 bits per heavy atom. The first-order valence-electron chi connectivity index (χ1n) is 5.93. The van der Waals surface area contributed by atoms with Gasteiger partial charge < -0.3 is 5.73 Å². The SMILES string of the molecule is CC(C)c1cccnc1CSc1nc(N)cc(Cl)n1. The molecule has 19 heavy (non-hydrogen) atoms. The lowest BCUT2D eigenvalue weighted by atomic mass is 10.0. The van der Waals surface area contributed by atoms with Gasteiger partial charge in [0.1, 0.15) is 11.0 Å². The number of pyridine rings is 1. The van der Waals surface area contributed by atoms with Crippen molar-refractivity contribution in [3.8, 4) is 0 Å². The van der Waals surface area contributed by atoms with Crippen LogP contribution in [0.4, 0.5) is 5.82 Å². The number of nitrogens with two attached hydrogens (primary N) is 1. The summed E-state index contributed by atoms with van der Waals surface area (Å²) >= 11 is 7.34. The predicted octanol–water partition coefficient (Wildman–Crippen LogP) is 3.52. The van der Waals surface area contributed by atoms with Crippen LogP contribution >= 0.6 is 23.4 Å². The van der Waals surface area contributed by atoms with E-state index in [0.29, 0.717) is 27.8 Å². The van der Waals surface area contributed by atoms with Crippen LogP contribution in [0.1, 0.15) is 31.0 Å². The molecule has 0 aliphatic heterocycles. The molecule has 0 radical (unpaired) electrons. The molecule has 0 amide bonds. The van der Waals surface area contributed by atoms with E-state index >= 15 is 0 Å². The highest BCUT2D eigenvalue weighted by Crippen LogP contribution is 2.25. The van der Waals surface area contributed by atoms with Crippen molar-refractivity contribution in [3.63, 3.8) is 0 Å². The number of hydrogen-bond donors (Lipinski definition) is 1. The van der Waals surface area contributed by atoms with E-state index in [1.54, 1.807) is 6.20 Å². The van der Waals surface area contributed by atoms with E-state index in [-0.39, 0.29) is 0 Å². The van der Waals surface area contributed by atoms with Crippen molar-refractivity contribution in [1.82, 2.24) is 15.0 Å². The van der Waals surface area contributed by atoms with Crippen LogP contribution < -0.4 is 5.73 Å². The first kappa shape index (κ1) is 14.1. The van der Waals surface area contributed by atoms with Gasteiger partial charge in [0, 0.05) is 18.0 Å². The molecule has 0 aromatic carbocycles. The molecule has 0 aliphatic rings. The summed E-state index contributed by atoms with van der Waals surface area (Å²) in [5.41, 5.74) is 7.93. The maximum absolute atomic E-state index is 5.85. The van der Waals surface area contributed by atoms with Gasteiger partial charge in [-0.1, -0.05) is 43.3 Å². The zero-order valence-electron chi connectivity index (χ0n) is 10.8. The third-order valence-electron chi connectivity index (χ3n) is 2.58. The topological polar surface area (TPSA) is 64.7 Å². The zero-order chi connectivity index (χ0) is 13.8. The fraction of sp³-hybridized carbons (Fsp3) is 0.308. The molecule has 2 heterocycles. The number of thioether (sulfide) groups is 1. The summed E-state index contributed by atoms with van der Waals surface area (Å²) in [6.45, 7) is 4.30. The van der Waals surface area contributed by atoms with Crippen molar-refractivity contribution in [3.05, 3.63) is 40.8 Å². The van der Waals surface area contributed by atoms with Gasteiger partial charge in [0.05, 0.1) is 5.69 Å². The molecule has 2 aromatic rings. The molecule has 0 bridgehead atoms. The molecule has 0 saturated carbocycles. The molecular formula is C13H15ClN4S. The minimum atomic E-state index is 0.361. The molecule has 6 heteroatoms. The molecule has 100 valence electrons. The number of nitrogen functional groups attached to an aromatic ring is 1. The molecule has 0 unspecified atom stereocenters. The molecule has 2 aromatic heterocycles. The van der Waals surface area contributed by atoms with Gasteiger partial charge >= 0.3 is 0 Å². The summed E-state index contributed by atoms with van der Waals surface area (Å²) in [5.74, 6) is 1.52. The Hall–Kier alpha value is -1.33. The van der Waals surface area contributed by atoms with Gasteiger partial charge in [-0.25, -0.2) is 9.97 Å². The van der Waals surface area contributed by atoms with Crippen molar-refractivity contribution in [2.45, 2.75) is 30.7 Å². The molecule has 0 atom stereocenters. The van der Waals surface area contributed by atoms with Crippen molar-refractivity contribution in [2.24, 2.45) is 0 Å². The highest BCUT2D eigenvalue weighted by molar-refractivity contribution is 7.98. The molecule has 2 rings (SSSR count). The van der Waals surface area contributed by atoms with Crippen LogP contribution in [0, 0.1) is 0 Å². The average Bonchev–Trinajstić information content (AvgIpc) is 2.35. The van der Waals surface area contributed by atoms with E-state index in [1.165, 1.54) is 23.4 Å². The van der Waals surface area contributed by atoms with Crippen LogP contribution in [0.25, 0.3) is 0 Å². The highest BCUT2D eigenvalue weighted by Gasteiger charge is 2.09. The van der Waals surface area contributed by atoms with Crippen molar-refractivity contribution in [2.75, 3.05) is 5.73 Å². The van der Waals surface area contributed by atoms with Crippen LogP contribution in [0.5, 0.6) is 0 Å². The Morgan fingerprint density at radius 1 is 1.37 bits per heavy atom. The van der Waals surface area contributed by atoms with Gasteiger partial charge in [-0.15, -0.1) is 0 Å². The number of hydrogen-bond acceptors (Lipinski definition) is 5. The first-order valence-corrected chi connectivity index (χ1v) is 7.29. The monoisotopic (exact) mass is 294 g/mol. The Bertz CT molecular complexity index is 554. The zero-order valence-corrected chi connectivity index (χ0v) is 12.4. The Kier molecular flexibility index (Phi) is 4.61. The van der Waals surface area contributed by atoms with Crippen molar-refractivity contribution < 1.29 is 0 Å². The lowest BCUT2D eigenvalue weighted by Gasteiger charge is -2.10. The van der Waals surface area contributed by atoms with Gasteiger partial charge in [-0.3, -0.25) is 4.98 Å². The van der Waals surface area contributed by atoms with Crippen molar-refractivity contribution >= 4 is 29.2 Å². The summed E-state index contributed by atoms with van der Waals surface area (Å²) in [5, 5.41) is 0.936. The van der Waals surface area contributed by atoms with Crippen LogP contribution in [0.15, 0.2) is 29.6 Å². The predicted molar refractivity (Wildman–Crippen MR) is 79.3 cm³/mol. The normalized spacial score (nSPS) is 10.9. The molecule has 0 fully saturated rings. The average molecular weight is 295 g/mol. The maximum atomic E-state index is 5.85. The lowest BCUT2D eigenvalue weighted by molar-refractivity contribution is 0.839. The second-order valence-corrected chi connectivity index (χ2v) is 5.71. The minimum absolute atomic E-state index is 0.361. The number of anilines is 1. The summed E-state index contributed by atoms with van der Waals surface area (Å²) < 4.78 is 0. The molecule has 4 nitrogen and oxygen atoms in total. The fourth-order valence-corrected chi connectivity index (χ4v) is 2.79. The summed E-state index contributed by atoms with van der Waals surface area (Å²) in [4.78, 5) is 12.7. The summed E-state index contributed by atoms with van der Waals surface area (Å²) in [6.07, 6.45) is 1.80. The molecule has 0 saturated heterocycles. The maximum Gasteiger partial charge on any atom is 0.191 e. The van der Waals surface area contributed by atoms with Gasteiger partial charge in [0.15, 0.2) is 5.16 Å². The molecular weight excluding hydrogens is 280 g/mol. The largest absolute Gasteiger partial charge is 0.384 e. The van der Waals surface area contributed by atoms with Crippen LogP contribution in [0.3, 0.4) is 0 Å². The molecule has 0 spiro atoms. The van der Waals surface area contributed by atoms with Crippen LogP contribution in [0.2, 0.25) is 5.15 Å². The van der Waals surface area contributed by atoms with E-state index in [4.69, 9.17) is 17.3 Å². The Labute approximate surface area is 121 Å². The smallest absolute Gasteiger partial charge is 0.191 e. The third-order valence-corrected chi connectivity index (χ3v) is 3.63. The lowest BCUT2D eigenvalue weighted by Crippen LogP contribution is -1.99. The van der Waals surface area contributed by atoms with E-state index in [9.17, 15) is 0 Å². The quantitative estimate of drug-likeness (QED) is 0.531. The second-order valence-electron chi connectivity index (χ2n) is 4.38. The van der Waals surface area contributed by atoms with Gasteiger partial charge in [-0.2, -0.15) is 0 Å². The van der Waals surface area contributed by atoms with Crippen molar-refractivity contribution in [1.29, 1.82) is 0 Å². The fourth-order valence-electron chi connectivity index (χ4n) is 1.71. The second kappa shape index (κ2) is 6.21. The number of nitrogens with zero attached hydrogens (tertiary/aromatic N) is 3. The van der Waals surface area contributed by atoms with E-state index in [1.807, 2.05) is 6.07 Å². The third kappa shape index (κ3) is 3.81. The number of rotatable bonds is 4.